The number of nitrogens with one attached hydrogen (secondary N) is 1. The molecule has 2 aromatic rings. The molecule has 1 saturated heterocycles. The maximum absolute atomic E-state index is 5.90. The largest absolute Gasteiger partial charge is 0.492 e. The van der Waals surface area contributed by atoms with E-state index in [2.05, 4.69) is 59.6 Å². The van der Waals surface area contributed by atoms with Gasteiger partial charge in [0.15, 0.2) is 0 Å². The lowest BCUT2D eigenvalue weighted by Gasteiger charge is -2.33. The van der Waals surface area contributed by atoms with E-state index >= 15 is 0 Å². The Balaban J connectivity index is 1.56. The van der Waals surface area contributed by atoms with Crippen molar-refractivity contribution in [1.29, 1.82) is 0 Å². The van der Waals surface area contributed by atoms with Crippen molar-refractivity contribution in [2.75, 3.05) is 32.8 Å². The van der Waals surface area contributed by atoms with Gasteiger partial charge in [0, 0.05) is 32.2 Å². The van der Waals surface area contributed by atoms with Crippen molar-refractivity contribution in [3.63, 3.8) is 0 Å². The Morgan fingerprint density at radius 1 is 1.20 bits per heavy atom. The number of rotatable bonds is 4. The molecule has 0 saturated carbocycles. The lowest BCUT2D eigenvalue weighted by atomic mass is 10.1. The Kier molecular flexibility index (Phi) is 4.19. The Labute approximate surface area is 120 Å². The first-order chi connectivity index (χ1) is 9.83. The van der Waals surface area contributed by atoms with Crippen LogP contribution in [0.15, 0.2) is 42.5 Å². The van der Waals surface area contributed by atoms with E-state index in [1.165, 1.54) is 10.8 Å². The average molecular weight is 270 g/mol. The quantitative estimate of drug-likeness (QED) is 0.924. The Hall–Kier alpha value is -1.58. The van der Waals surface area contributed by atoms with Gasteiger partial charge < -0.3 is 10.1 Å². The number of hydrogen-bond donors (Lipinski definition) is 1. The van der Waals surface area contributed by atoms with Crippen LogP contribution in [0.1, 0.15) is 6.92 Å². The van der Waals surface area contributed by atoms with Crippen LogP contribution in [0.2, 0.25) is 0 Å². The van der Waals surface area contributed by atoms with Crippen LogP contribution in [0.5, 0.6) is 5.75 Å². The third kappa shape index (κ3) is 3.11. The lowest BCUT2D eigenvalue weighted by molar-refractivity contribution is 0.143. The molecule has 20 heavy (non-hydrogen) atoms. The second-order valence-corrected chi connectivity index (χ2v) is 5.45. The highest BCUT2D eigenvalue weighted by atomic mass is 16.5. The minimum absolute atomic E-state index is 0.601. The van der Waals surface area contributed by atoms with Gasteiger partial charge in [0.2, 0.25) is 0 Å². The molecule has 2 aromatic carbocycles. The normalized spacial score (nSPS) is 20.1. The van der Waals surface area contributed by atoms with Gasteiger partial charge in [-0.1, -0.05) is 30.3 Å². The van der Waals surface area contributed by atoms with Crippen molar-refractivity contribution >= 4 is 10.8 Å². The van der Waals surface area contributed by atoms with E-state index in [0.717, 1.165) is 38.5 Å². The zero-order chi connectivity index (χ0) is 13.8. The van der Waals surface area contributed by atoms with Crippen LogP contribution >= 0.6 is 0 Å². The minimum Gasteiger partial charge on any atom is -0.492 e. The van der Waals surface area contributed by atoms with Crippen molar-refractivity contribution in [3.05, 3.63) is 42.5 Å². The standard InChI is InChI=1S/C17H22N2O/c1-14-13-18-8-9-19(14)10-11-20-17-7-6-15-4-2-3-5-16(15)12-17/h2-7,12,14,18H,8-11,13H2,1H3/t14-/m1/s1. The molecule has 3 nitrogen and oxygen atoms in total. The molecule has 1 heterocycles. The third-order valence-electron chi connectivity index (χ3n) is 4.01. The molecule has 1 atom stereocenters. The van der Waals surface area contributed by atoms with Crippen LogP contribution in [0.4, 0.5) is 0 Å². The minimum atomic E-state index is 0.601. The zero-order valence-electron chi connectivity index (χ0n) is 12.0. The van der Waals surface area contributed by atoms with Crippen molar-refractivity contribution < 1.29 is 4.74 Å². The molecule has 0 amide bonds. The van der Waals surface area contributed by atoms with Crippen molar-refractivity contribution in [2.24, 2.45) is 0 Å². The van der Waals surface area contributed by atoms with Crippen LogP contribution < -0.4 is 10.1 Å². The van der Waals surface area contributed by atoms with Gasteiger partial charge in [-0.05, 0) is 29.8 Å². The Morgan fingerprint density at radius 3 is 2.90 bits per heavy atom. The van der Waals surface area contributed by atoms with Gasteiger partial charge in [0.05, 0.1) is 0 Å². The van der Waals surface area contributed by atoms with Crippen LogP contribution in [-0.4, -0.2) is 43.7 Å². The highest BCUT2D eigenvalue weighted by Gasteiger charge is 2.17. The molecular formula is C17H22N2O. The Morgan fingerprint density at radius 2 is 2.05 bits per heavy atom. The fourth-order valence-corrected chi connectivity index (χ4v) is 2.75. The first-order valence-electron chi connectivity index (χ1n) is 7.39. The van der Waals surface area contributed by atoms with Crippen molar-refractivity contribution in [3.8, 4) is 5.75 Å². The highest BCUT2D eigenvalue weighted by Crippen LogP contribution is 2.20. The second-order valence-electron chi connectivity index (χ2n) is 5.45. The molecule has 0 aliphatic carbocycles. The first-order valence-corrected chi connectivity index (χ1v) is 7.39. The van der Waals surface area contributed by atoms with Gasteiger partial charge in [-0.25, -0.2) is 0 Å². The van der Waals surface area contributed by atoms with Crippen LogP contribution in [0.3, 0.4) is 0 Å². The maximum Gasteiger partial charge on any atom is 0.120 e. The summed E-state index contributed by atoms with van der Waals surface area (Å²) < 4.78 is 5.90. The van der Waals surface area contributed by atoms with Crippen LogP contribution in [0, 0.1) is 0 Å². The number of hydrogen-bond acceptors (Lipinski definition) is 3. The van der Waals surface area contributed by atoms with E-state index in [-0.39, 0.29) is 0 Å². The number of nitrogens with zero attached hydrogens (tertiary/aromatic N) is 1. The van der Waals surface area contributed by atoms with E-state index < -0.39 is 0 Å². The fourth-order valence-electron chi connectivity index (χ4n) is 2.75. The van der Waals surface area contributed by atoms with E-state index in [4.69, 9.17) is 4.74 Å². The smallest absolute Gasteiger partial charge is 0.120 e. The number of piperazine rings is 1. The number of ether oxygens (including phenoxy) is 1. The summed E-state index contributed by atoms with van der Waals surface area (Å²) in [6.45, 7) is 7.29. The van der Waals surface area contributed by atoms with Gasteiger partial charge in [0.1, 0.15) is 12.4 Å². The molecule has 0 radical (unpaired) electrons. The SMILES string of the molecule is C[C@@H]1CNCCN1CCOc1ccc2ccccc2c1. The van der Waals surface area contributed by atoms with Crippen LogP contribution in [-0.2, 0) is 0 Å². The summed E-state index contributed by atoms with van der Waals surface area (Å²) in [5.41, 5.74) is 0. The summed E-state index contributed by atoms with van der Waals surface area (Å²) in [7, 11) is 0. The molecular weight excluding hydrogens is 248 g/mol. The number of benzene rings is 2. The molecule has 1 aliphatic rings. The summed E-state index contributed by atoms with van der Waals surface area (Å²) in [5.74, 6) is 0.964. The lowest BCUT2D eigenvalue weighted by Crippen LogP contribution is -2.50. The molecule has 106 valence electrons. The van der Waals surface area contributed by atoms with E-state index in [0.29, 0.717) is 6.04 Å². The van der Waals surface area contributed by atoms with Gasteiger partial charge >= 0.3 is 0 Å². The second kappa shape index (κ2) is 6.25. The van der Waals surface area contributed by atoms with Gasteiger partial charge in [-0.2, -0.15) is 0 Å². The summed E-state index contributed by atoms with van der Waals surface area (Å²) in [6.07, 6.45) is 0. The predicted octanol–water partition coefficient (Wildman–Crippen LogP) is 2.51. The summed E-state index contributed by atoms with van der Waals surface area (Å²) in [4.78, 5) is 2.48. The monoisotopic (exact) mass is 270 g/mol. The predicted molar refractivity (Wildman–Crippen MR) is 83.3 cm³/mol. The fraction of sp³-hybridized carbons (Fsp3) is 0.412. The molecule has 0 spiro atoms. The van der Waals surface area contributed by atoms with Crippen molar-refractivity contribution in [1.82, 2.24) is 10.2 Å². The topological polar surface area (TPSA) is 24.5 Å². The molecule has 1 fully saturated rings. The average Bonchev–Trinajstić information content (AvgIpc) is 2.49. The molecule has 0 unspecified atom stereocenters. The molecule has 3 heteroatoms. The van der Waals surface area contributed by atoms with Gasteiger partial charge in [-0.15, -0.1) is 0 Å². The van der Waals surface area contributed by atoms with Crippen LogP contribution in [0.25, 0.3) is 10.8 Å². The zero-order valence-corrected chi connectivity index (χ0v) is 12.0. The molecule has 1 aliphatic heterocycles. The van der Waals surface area contributed by atoms with Gasteiger partial charge in [-0.3, -0.25) is 4.90 Å². The van der Waals surface area contributed by atoms with Gasteiger partial charge in [0.25, 0.3) is 0 Å². The molecule has 3 rings (SSSR count). The Bertz CT molecular complexity index is 570. The third-order valence-corrected chi connectivity index (χ3v) is 4.01. The highest BCUT2D eigenvalue weighted by molar-refractivity contribution is 5.83. The summed E-state index contributed by atoms with van der Waals surface area (Å²) in [6, 6.07) is 15.3. The molecule has 0 bridgehead atoms. The summed E-state index contributed by atoms with van der Waals surface area (Å²) in [5, 5.41) is 5.91. The summed E-state index contributed by atoms with van der Waals surface area (Å²) >= 11 is 0. The van der Waals surface area contributed by atoms with E-state index in [1.54, 1.807) is 0 Å². The number of fused-ring (bicyclic) bond motifs is 1. The molecule has 0 aromatic heterocycles. The first kappa shape index (κ1) is 13.4. The van der Waals surface area contributed by atoms with Crippen molar-refractivity contribution in [2.45, 2.75) is 13.0 Å². The molecule has 1 N–H and O–H groups in total. The van der Waals surface area contributed by atoms with E-state index in [9.17, 15) is 0 Å². The van der Waals surface area contributed by atoms with E-state index in [1.807, 2.05) is 0 Å². The maximum atomic E-state index is 5.90.